The minimum Gasteiger partial charge on any atom is -0.497 e. The fraction of sp³-hybridized carbons (Fsp3) is 0.375. The van der Waals surface area contributed by atoms with Gasteiger partial charge < -0.3 is 14.2 Å². The van der Waals surface area contributed by atoms with Crippen LogP contribution in [0.3, 0.4) is 0 Å². The molecule has 5 rings (SSSR count). The fourth-order valence-corrected chi connectivity index (χ4v) is 5.44. The van der Waals surface area contributed by atoms with Crippen molar-refractivity contribution >= 4 is 11.6 Å². The summed E-state index contributed by atoms with van der Waals surface area (Å²) in [6.07, 6.45) is 10.1. The third kappa shape index (κ3) is 5.33. The number of nitrogens with zero attached hydrogens (tertiary/aromatic N) is 3. The van der Waals surface area contributed by atoms with Crippen molar-refractivity contribution in [1.29, 1.82) is 5.26 Å². The highest BCUT2D eigenvalue weighted by atomic mass is 16.5. The molecule has 196 valence electrons. The highest BCUT2D eigenvalue weighted by Crippen LogP contribution is 2.31. The van der Waals surface area contributed by atoms with Crippen molar-refractivity contribution in [3.8, 4) is 29.0 Å². The zero-order chi connectivity index (χ0) is 26.5. The molecule has 0 amide bonds. The molecule has 3 aromatic rings. The van der Waals surface area contributed by atoms with Crippen LogP contribution in [-0.2, 0) is 11.3 Å². The van der Waals surface area contributed by atoms with Crippen LogP contribution in [0, 0.1) is 11.3 Å². The molecule has 1 aromatic heterocycles. The fourth-order valence-electron chi connectivity index (χ4n) is 5.44. The Labute approximate surface area is 224 Å². The van der Waals surface area contributed by atoms with E-state index in [0.717, 1.165) is 64.4 Å². The lowest BCUT2D eigenvalue weighted by Gasteiger charge is -2.23. The number of methoxy groups -OCH3 is 1. The molecule has 0 atom stereocenters. The molecule has 0 spiro atoms. The van der Waals surface area contributed by atoms with Gasteiger partial charge in [0.2, 0.25) is 0 Å². The molecule has 2 aliphatic carbocycles. The molecular weight excluding hydrogens is 474 g/mol. The Kier molecular flexibility index (Phi) is 7.83. The molecule has 2 aliphatic rings. The van der Waals surface area contributed by atoms with Gasteiger partial charge in [-0.3, -0.25) is 4.57 Å². The normalized spacial score (nSPS) is 15.2. The Hall–Kier alpha value is -3.98. The number of hydrogen-bond acceptors (Lipinski definition) is 5. The quantitative estimate of drug-likeness (QED) is 0.358. The molecule has 0 unspecified atom stereocenters. The summed E-state index contributed by atoms with van der Waals surface area (Å²) < 4.78 is 19.8. The van der Waals surface area contributed by atoms with Gasteiger partial charge in [-0.2, -0.15) is 10.2 Å². The van der Waals surface area contributed by atoms with Crippen molar-refractivity contribution in [1.82, 2.24) is 9.55 Å². The van der Waals surface area contributed by atoms with Gasteiger partial charge in [-0.25, -0.2) is 0 Å². The summed E-state index contributed by atoms with van der Waals surface area (Å²) in [5.41, 5.74) is 4.70. The molecule has 6 nitrogen and oxygen atoms in total. The number of allylic oxidation sites excluding steroid dienone is 1. The number of benzene rings is 2. The van der Waals surface area contributed by atoms with Crippen LogP contribution in [0.15, 0.2) is 54.8 Å². The minimum atomic E-state index is 0.265. The van der Waals surface area contributed by atoms with E-state index in [0.29, 0.717) is 30.5 Å². The van der Waals surface area contributed by atoms with Crippen molar-refractivity contribution in [2.24, 2.45) is 0 Å². The van der Waals surface area contributed by atoms with Gasteiger partial charge in [0.15, 0.2) is 0 Å². The van der Waals surface area contributed by atoms with Gasteiger partial charge in [-0.1, -0.05) is 43.3 Å². The van der Waals surface area contributed by atoms with E-state index in [1.54, 1.807) is 7.11 Å². The Morgan fingerprint density at radius 2 is 1.92 bits per heavy atom. The zero-order valence-electron chi connectivity index (χ0n) is 22.3. The summed E-state index contributed by atoms with van der Waals surface area (Å²) >= 11 is 0. The molecule has 1 fully saturated rings. The first kappa shape index (κ1) is 25.7. The minimum absolute atomic E-state index is 0.265. The SMILES string of the molecule is C=C(OC)C1=c2c(nc(OCC)n2Cc2ccc(-c3cc(OC4CCCCC4)ccc3C#N)cc2)=CCC1. The topological polar surface area (TPSA) is 69.3 Å². The summed E-state index contributed by atoms with van der Waals surface area (Å²) in [7, 11) is 1.65. The van der Waals surface area contributed by atoms with Crippen molar-refractivity contribution in [3.05, 3.63) is 76.6 Å². The largest absolute Gasteiger partial charge is 0.497 e. The maximum Gasteiger partial charge on any atom is 0.297 e. The van der Waals surface area contributed by atoms with E-state index in [1.165, 1.54) is 19.3 Å². The monoisotopic (exact) mass is 509 g/mol. The van der Waals surface area contributed by atoms with Crippen LogP contribution in [0.25, 0.3) is 22.8 Å². The molecular formula is C32H35N3O3. The van der Waals surface area contributed by atoms with Gasteiger partial charge in [-0.15, -0.1) is 0 Å². The third-order valence-corrected chi connectivity index (χ3v) is 7.41. The van der Waals surface area contributed by atoms with Crippen molar-refractivity contribution in [2.45, 2.75) is 64.5 Å². The second-order valence-electron chi connectivity index (χ2n) is 9.89. The Bertz CT molecular complexity index is 1470. The highest BCUT2D eigenvalue weighted by Gasteiger charge is 2.19. The van der Waals surface area contributed by atoms with Gasteiger partial charge in [0, 0.05) is 11.1 Å². The number of rotatable bonds is 9. The average Bonchev–Trinajstić information content (AvgIpc) is 3.30. The van der Waals surface area contributed by atoms with Crippen LogP contribution in [0.4, 0.5) is 0 Å². The number of fused-ring (bicyclic) bond motifs is 1. The van der Waals surface area contributed by atoms with Crippen molar-refractivity contribution in [3.63, 3.8) is 0 Å². The van der Waals surface area contributed by atoms with E-state index in [1.807, 2.05) is 25.1 Å². The molecule has 0 N–H and O–H groups in total. The number of hydrogen-bond donors (Lipinski definition) is 0. The van der Waals surface area contributed by atoms with E-state index >= 15 is 0 Å². The molecule has 1 saturated carbocycles. The Morgan fingerprint density at radius 1 is 1.13 bits per heavy atom. The molecule has 0 bridgehead atoms. The van der Waals surface area contributed by atoms with Crippen LogP contribution in [-0.4, -0.2) is 29.4 Å². The summed E-state index contributed by atoms with van der Waals surface area (Å²) in [5.74, 6) is 1.50. The van der Waals surface area contributed by atoms with Crippen LogP contribution < -0.4 is 20.2 Å². The number of ether oxygens (including phenoxy) is 3. The van der Waals surface area contributed by atoms with Gasteiger partial charge in [0.05, 0.1) is 48.7 Å². The van der Waals surface area contributed by atoms with E-state index in [9.17, 15) is 5.26 Å². The summed E-state index contributed by atoms with van der Waals surface area (Å²) in [6, 6.07) is 17.1. The molecule has 0 radical (unpaired) electrons. The highest BCUT2D eigenvalue weighted by molar-refractivity contribution is 5.72. The van der Waals surface area contributed by atoms with E-state index in [4.69, 9.17) is 19.2 Å². The second kappa shape index (κ2) is 11.6. The van der Waals surface area contributed by atoms with Crippen LogP contribution in [0.1, 0.15) is 63.0 Å². The smallest absolute Gasteiger partial charge is 0.297 e. The van der Waals surface area contributed by atoms with E-state index < -0.39 is 0 Å². The standard InChI is InChI=1S/C32H35N3O3/c1-4-37-32-34-30-12-8-11-28(22(2)36-3)31(30)35(32)21-23-13-15-24(16-14-23)29-19-27(18-17-25(29)20-33)38-26-9-6-5-7-10-26/h12-19,26H,2,4-11,21H2,1,3H3. The lowest BCUT2D eigenvalue weighted by Crippen LogP contribution is -2.35. The summed E-state index contributed by atoms with van der Waals surface area (Å²) in [5, 5.41) is 11.7. The van der Waals surface area contributed by atoms with E-state index in [-0.39, 0.29) is 6.10 Å². The van der Waals surface area contributed by atoms with Crippen LogP contribution >= 0.6 is 0 Å². The average molecular weight is 510 g/mol. The summed E-state index contributed by atoms with van der Waals surface area (Å²) in [6.45, 7) is 7.21. The van der Waals surface area contributed by atoms with Gasteiger partial charge in [0.1, 0.15) is 11.5 Å². The molecule has 1 heterocycles. The Morgan fingerprint density at radius 3 is 2.63 bits per heavy atom. The second-order valence-corrected chi connectivity index (χ2v) is 9.89. The third-order valence-electron chi connectivity index (χ3n) is 7.41. The van der Waals surface area contributed by atoms with E-state index in [2.05, 4.69) is 47.6 Å². The van der Waals surface area contributed by atoms with Crippen molar-refractivity contribution in [2.75, 3.05) is 13.7 Å². The maximum atomic E-state index is 9.76. The molecule has 38 heavy (non-hydrogen) atoms. The first-order valence-electron chi connectivity index (χ1n) is 13.6. The molecule has 2 aromatic carbocycles. The lowest BCUT2D eigenvalue weighted by atomic mass is 9.97. The molecule has 0 saturated heterocycles. The van der Waals surface area contributed by atoms with Crippen molar-refractivity contribution < 1.29 is 14.2 Å². The molecule has 6 heteroatoms. The van der Waals surface area contributed by atoms with Crippen LogP contribution in [0.5, 0.6) is 11.8 Å². The predicted molar refractivity (Wildman–Crippen MR) is 149 cm³/mol. The number of imidazole rings is 1. The first-order chi connectivity index (χ1) is 18.6. The maximum absolute atomic E-state index is 9.76. The first-order valence-corrected chi connectivity index (χ1v) is 13.6. The lowest BCUT2D eigenvalue weighted by molar-refractivity contribution is 0.155. The summed E-state index contributed by atoms with van der Waals surface area (Å²) in [4.78, 5) is 4.77. The number of nitriles is 1. The Balaban J connectivity index is 1.46. The zero-order valence-corrected chi connectivity index (χ0v) is 22.3. The predicted octanol–water partition coefficient (Wildman–Crippen LogP) is 5.47. The van der Waals surface area contributed by atoms with Gasteiger partial charge in [0.25, 0.3) is 6.01 Å². The van der Waals surface area contributed by atoms with Gasteiger partial charge >= 0.3 is 0 Å². The number of aromatic nitrogens is 2. The van der Waals surface area contributed by atoms with Crippen LogP contribution in [0.2, 0.25) is 0 Å². The molecule has 0 aliphatic heterocycles. The van der Waals surface area contributed by atoms with Gasteiger partial charge in [-0.05, 0) is 74.8 Å².